The van der Waals surface area contributed by atoms with Gasteiger partial charge in [0.2, 0.25) is 5.43 Å². The van der Waals surface area contributed by atoms with Crippen LogP contribution in [0.5, 0.6) is 0 Å². The van der Waals surface area contributed by atoms with E-state index in [4.69, 9.17) is 10.2 Å². The quantitative estimate of drug-likeness (QED) is 0.525. The highest BCUT2D eigenvalue weighted by atomic mass is 16.4. The number of para-hydroxylation sites is 1. The Hall–Kier alpha value is -3.46. The molecule has 3 fully saturated rings. The highest BCUT2D eigenvalue weighted by molar-refractivity contribution is 5.97. The molecule has 1 unspecified atom stereocenters. The number of nitrogens with zero attached hydrogens (tertiary/aromatic N) is 2. The van der Waals surface area contributed by atoms with Crippen LogP contribution in [-0.4, -0.2) is 74.1 Å². The average molecular weight is 510 g/mol. The van der Waals surface area contributed by atoms with Gasteiger partial charge in [-0.25, -0.2) is 9.59 Å². The summed E-state index contributed by atoms with van der Waals surface area (Å²) in [6.07, 6.45) is 13.1. The van der Waals surface area contributed by atoms with E-state index in [1.807, 2.05) is 24.3 Å². The number of fused-ring (bicyclic) bond motifs is 3. The van der Waals surface area contributed by atoms with E-state index in [2.05, 4.69) is 21.8 Å². The van der Waals surface area contributed by atoms with Crippen molar-refractivity contribution in [2.45, 2.75) is 82.0 Å². The highest BCUT2D eigenvalue weighted by Gasteiger charge is 2.43. The van der Waals surface area contributed by atoms with Crippen molar-refractivity contribution in [3.05, 3.63) is 58.4 Å². The van der Waals surface area contributed by atoms with Crippen molar-refractivity contribution >= 4 is 28.7 Å². The number of H-pyrrole nitrogens is 1. The molecule has 1 saturated carbocycles. The van der Waals surface area contributed by atoms with E-state index in [1.165, 1.54) is 32.1 Å². The standard InChI is InChI=1S/C24H31N3O2.C4H4O4/c1-26-17-11-12-18(26)14-19(13-17)27(16-7-3-2-4-8-16)24(29)21-15-25-22-10-6-5-9-20(22)23(21)28;5-3(6)1-2-4(7)8/h5-6,9-10,15-19H,2-4,7-8,11-14H2,1H3,(H,25,28);1-2H,(H,5,6)(H,7,8)/t17-,18+,19?;. The van der Waals surface area contributed by atoms with Gasteiger partial charge in [-0.3, -0.25) is 9.59 Å². The van der Waals surface area contributed by atoms with Crippen molar-refractivity contribution in [1.82, 2.24) is 14.8 Å². The summed E-state index contributed by atoms with van der Waals surface area (Å²) in [6, 6.07) is 9.15. The molecule has 2 aliphatic heterocycles. The second-order valence-corrected chi connectivity index (χ2v) is 10.3. The molecule has 9 heteroatoms. The molecule has 0 radical (unpaired) electrons. The third kappa shape index (κ3) is 6.10. The second kappa shape index (κ2) is 11.7. The van der Waals surface area contributed by atoms with Crippen LogP contribution in [0.2, 0.25) is 0 Å². The van der Waals surface area contributed by atoms with Gasteiger partial charge < -0.3 is 25.0 Å². The molecule has 5 rings (SSSR count). The number of aromatic amines is 1. The van der Waals surface area contributed by atoms with Crippen LogP contribution in [0.3, 0.4) is 0 Å². The maximum atomic E-state index is 13.8. The van der Waals surface area contributed by atoms with Gasteiger partial charge in [0.25, 0.3) is 5.91 Å². The molecule has 2 saturated heterocycles. The predicted molar refractivity (Wildman–Crippen MR) is 140 cm³/mol. The van der Waals surface area contributed by atoms with Crippen LogP contribution in [0.25, 0.3) is 10.9 Å². The molecular formula is C28H35N3O6. The van der Waals surface area contributed by atoms with Gasteiger partial charge in [-0.15, -0.1) is 0 Å². The van der Waals surface area contributed by atoms with Crippen LogP contribution in [0.1, 0.15) is 68.1 Å². The van der Waals surface area contributed by atoms with E-state index < -0.39 is 11.9 Å². The Bertz CT molecular complexity index is 1200. The van der Waals surface area contributed by atoms with Crippen LogP contribution in [-0.2, 0) is 9.59 Å². The Kier molecular flexibility index (Phi) is 8.43. The van der Waals surface area contributed by atoms with Gasteiger partial charge in [-0.2, -0.15) is 0 Å². The number of aliphatic carboxylic acids is 2. The maximum Gasteiger partial charge on any atom is 0.328 e. The molecule has 2 aromatic rings. The van der Waals surface area contributed by atoms with Crippen molar-refractivity contribution in [3.63, 3.8) is 0 Å². The minimum atomic E-state index is -1.26. The topological polar surface area (TPSA) is 131 Å². The number of aromatic nitrogens is 1. The van der Waals surface area contributed by atoms with Gasteiger partial charge in [0.05, 0.1) is 0 Å². The van der Waals surface area contributed by atoms with Gasteiger partial charge in [0, 0.05) is 53.4 Å². The normalized spacial score (nSPS) is 24.0. The first-order valence-electron chi connectivity index (χ1n) is 13.0. The van der Waals surface area contributed by atoms with E-state index in [0.29, 0.717) is 35.2 Å². The molecule has 0 spiro atoms. The lowest BCUT2D eigenvalue weighted by molar-refractivity contribution is -0.134. The Morgan fingerprint density at radius 2 is 1.51 bits per heavy atom. The smallest absolute Gasteiger partial charge is 0.328 e. The second-order valence-electron chi connectivity index (χ2n) is 10.3. The highest BCUT2D eigenvalue weighted by Crippen LogP contribution is 2.38. The minimum Gasteiger partial charge on any atom is -0.478 e. The first-order valence-corrected chi connectivity index (χ1v) is 13.0. The number of carbonyl (C=O) groups excluding carboxylic acids is 1. The van der Waals surface area contributed by atoms with E-state index in [-0.39, 0.29) is 23.4 Å². The number of amides is 1. The van der Waals surface area contributed by atoms with Gasteiger partial charge in [0.15, 0.2) is 0 Å². The van der Waals surface area contributed by atoms with E-state index in [9.17, 15) is 19.2 Å². The summed E-state index contributed by atoms with van der Waals surface area (Å²) >= 11 is 0. The van der Waals surface area contributed by atoms with E-state index in [0.717, 1.165) is 31.2 Å². The number of benzene rings is 1. The van der Waals surface area contributed by atoms with Gasteiger partial charge in [0.1, 0.15) is 5.56 Å². The number of carboxylic acid groups (broad SMARTS) is 2. The zero-order valence-corrected chi connectivity index (χ0v) is 21.1. The largest absolute Gasteiger partial charge is 0.478 e. The Morgan fingerprint density at radius 1 is 0.919 bits per heavy atom. The zero-order valence-electron chi connectivity index (χ0n) is 21.1. The SMILES string of the molecule is CN1[C@@H]2CC[C@H]1CC(N(C(=O)c1c[nH]c3ccccc3c1=O)C1CCCCC1)C2.O=C(O)C=CC(=O)O. The molecule has 3 aliphatic rings. The lowest BCUT2D eigenvalue weighted by Crippen LogP contribution is -2.55. The number of hydrogen-bond donors (Lipinski definition) is 3. The Morgan fingerprint density at radius 3 is 2.11 bits per heavy atom. The number of rotatable bonds is 5. The fourth-order valence-electron chi connectivity index (χ4n) is 6.21. The number of hydrogen-bond acceptors (Lipinski definition) is 5. The lowest BCUT2D eigenvalue weighted by Gasteiger charge is -2.46. The minimum absolute atomic E-state index is 0.0575. The monoisotopic (exact) mass is 509 g/mol. The molecule has 1 amide bonds. The molecule has 3 heterocycles. The molecule has 37 heavy (non-hydrogen) atoms. The molecule has 3 N–H and O–H groups in total. The van der Waals surface area contributed by atoms with Gasteiger partial charge in [-0.05, 0) is 57.7 Å². The summed E-state index contributed by atoms with van der Waals surface area (Å²) in [5, 5.41) is 16.2. The summed E-state index contributed by atoms with van der Waals surface area (Å²) in [5.74, 6) is -2.57. The number of piperidine rings is 1. The lowest BCUT2D eigenvalue weighted by atomic mass is 9.89. The van der Waals surface area contributed by atoms with Crippen LogP contribution in [0.15, 0.2) is 47.4 Å². The Labute approximate surface area is 215 Å². The van der Waals surface area contributed by atoms with Crippen LogP contribution >= 0.6 is 0 Å². The number of pyridine rings is 1. The fraction of sp³-hybridized carbons (Fsp3) is 0.500. The fourth-order valence-corrected chi connectivity index (χ4v) is 6.21. The summed E-state index contributed by atoms with van der Waals surface area (Å²) in [4.78, 5) is 53.9. The molecular weight excluding hydrogens is 474 g/mol. The van der Waals surface area contributed by atoms with E-state index >= 15 is 0 Å². The van der Waals surface area contributed by atoms with E-state index in [1.54, 1.807) is 6.20 Å². The van der Waals surface area contributed by atoms with Crippen LogP contribution in [0.4, 0.5) is 0 Å². The summed E-state index contributed by atoms with van der Waals surface area (Å²) in [5.41, 5.74) is 0.956. The molecule has 2 bridgehead atoms. The zero-order chi connectivity index (χ0) is 26.5. The van der Waals surface area contributed by atoms with Crippen LogP contribution in [0, 0.1) is 0 Å². The first kappa shape index (κ1) is 26.6. The third-order valence-electron chi connectivity index (χ3n) is 8.06. The summed E-state index contributed by atoms with van der Waals surface area (Å²) in [7, 11) is 2.24. The predicted octanol–water partition coefficient (Wildman–Crippen LogP) is 3.64. The first-order chi connectivity index (χ1) is 17.8. The molecule has 9 nitrogen and oxygen atoms in total. The van der Waals surface area contributed by atoms with Gasteiger partial charge >= 0.3 is 11.9 Å². The van der Waals surface area contributed by atoms with Crippen molar-refractivity contribution in [3.8, 4) is 0 Å². The van der Waals surface area contributed by atoms with Gasteiger partial charge in [-0.1, -0.05) is 31.4 Å². The number of carboxylic acids is 2. The molecule has 1 aromatic carbocycles. The van der Waals surface area contributed by atoms with Crippen LogP contribution < -0.4 is 5.43 Å². The van der Waals surface area contributed by atoms with Crippen molar-refractivity contribution in [1.29, 1.82) is 0 Å². The van der Waals surface area contributed by atoms with Crippen molar-refractivity contribution in [2.75, 3.05) is 7.05 Å². The molecule has 1 aromatic heterocycles. The maximum absolute atomic E-state index is 13.8. The molecule has 198 valence electrons. The van der Waals surface area contributed by atoms with Crippen molar-refractivity contribution < 1.29 is 24.6 Å². The summed E-state index contributed by atoms with van der Waals surface area (Å²) < 4.78 is 0. The number of carbonyl (C=O) groups is 3. The number of nitrogens with one attached hydrogen (secondary N) is 1. The van der Waals surface area contributed by atoms with Crippen molar-refractivity contribution in [2.24, 2.45) is 0 Å². The third-order valence-corrected chi connectivity index (χ3v) is 8.06. The molecule has 3 atom stereocenters. The summed E-state index contributed by atoms with van der Waals surface area (Å²) in [6.45, 7) is 0. The Balaban J connectivity index is 0.000000349. The molecule has 1 aliphatic carbocycles. The average Bonchev–Trinajstić information content (AvgIpc) is 3.09.